The summed E-state index contributed by atoms with van der Waals surface area (Å²) in [6.45, 7) is 4.01. The zero-order valence-electron chi connectivity index (χ0n) is 11.5. The van der Waals surface area contributed by atoms with E-state index in [1.165, 1.54) is 13.0 Å². The summed E-state index contributed by atoms with van der Waals surface area (Å²) in [5.74, 6) is -2.24. The number of primary amides is 1. The van der Waals surface area contributed by atoms with Crippen molar-refractivity contribution < 1.29 is 13.6 Å². The maximum absolute atomic E-state index is 14.1. The van der Waals surface area contributed by atoms with Crippen LogP contribution in [0.3, 0.4) is 0 Å². The SMILES string of the molecule is CC(C(N)=O)(c1c(F)cccc1F)N1CCCNCC1. The fourth-order valence-electron chi connectivity index (χ4n) is 2.69. The number of nitrogens with zero attached hydrogens (tertiary/aromatic N) is 1. The molecule has 0 spiro atoms. The van der Waals surface area contributed by atoms with E-state index in [0.29, 0.717) is 19.6 Å². The van der Waals surface area contributed by atoms with Crippen LogP contribution in [0.1, 0.15) is 18.9 Å². The van der Waals surface area contributed by atoms with Gasteiger partial charge in [-0.1, -0.05) is 6.07 Å². The number of benzene rings is 1. The number of carbonyl (C=O) groups excluding carboxylic acids is 1. The molecule has 0 radical (unpaired) electrons. The summed E-state index contributed by atoms with van der Waals surface area (Å²) in [5.41, 5.74) is 3.73. The molecule has 3 N–H and O–H groups in total. The summed E-state index contributed by atoms with van der Waals surface area (Å²) < 4.78 is 28.1. The lowest BCUT2D eigenvalue weighted by Gasteiger charge is -2.38. The van der Waals surface area contributed by atoms with Gasteiger partial charge >= 0.3 is 0 Å². The Morgan fingerprint density at radius 3 is 2.55 bits per heavy atom. The first-order valence-electron chi connectivity index (χ1n) is 6.68. The van der Waals surface area contributed by atoms with Crippen LogP contribution >= 0.6 is 0 Å². The van der Waals surface area contributed by atoms with E-state index in [4.69, 9.17) is 5.73 Å². The maximum atomic E-state index is 14.1. The molecule has 0 aliphatic carbocycles. The monoisotopic (exact) mass is 283 g/mol. The molecule has 1 heterocycles. The molecule has 1 aliphatic heterocycles. The number of hydrogen-bond donors (Lipinski definition) is 2. The Morgan fingerprint density at radius 1 is 1.30 bits per heavy atom. The molecule has 6 heteroatoms. The van der Waals surface area contributed by atoms with Crippen LogP contribution in [-0.4, -0.2) is 37.0 Å². The smallest absolute Gasteiger partial charge is 0.242 e. The van der Waals surface area contributed by atoms with Crippen molar-refractivity contribution >= 4 is 5.91 Å². The summed E-state index contributed by atoms with van der Waals surface area (Å²) >= 11 is 0. The highest BCUT2D eigenvalue weighted by Gasteiger charge is 2.43. The van der Waals surface area contributed by atoms with Gasteiger partial charge in [0.2, 0.25) is 5.91 Å². The molecule has 0 bridgehead atoms. The first kappa shape index (κ1) is 14.9. The zero-order valence-corrected chi connectivity index (χ0v) is 11.5. The van der Waals surface area contributed by atoms with Gasteiger partial charge in [-0.05, 0) is 32.0 Å². The Hall–Kier alpha value is -1.53. The third-order valence-electron chi connectivity index (χ3n) is 3.90. The van der Waals surface area contributed by atoms with Gasteiger partial charge in [-0.2, -0.15) is 0 Å². The Balaban J connectivity index is 2.51. The lowest BCUT2D eigenvalue weighted by Crippen LogP contribution is -2.54. The quantitative estimate of drug-likeness (QED) is 0.869. The van der Waals surface area contributed by atoms with Gasteiger partial charge in [-0.25, -0.2) is 8.78 Å². The number of rotatable bonds is 3. The van der Waals surface area contributed by atoms with Crippen LogP contribution in [0.4, 0.5) is 8.78 Å². The second-order valence-corrected chi connectivity index (χ2v) is 5.12. The summed E-state index contributed by atoms with van der Waals surface area (Å²) in [4.78, 5) is 13.7. The van der Waals surface area contributed by atoms with Crippen LogP contribution in [0.2, 0.25) is 0 Å². The van der Waals surface area contributed by atoms with Gasteiger partial charge in [-0.15, -0.1) is 0 Å². The molecule has 1 aliphatic rings. The minimum Gasteiger partial charge on any atom is -0.368 e. The zero-order chi connectivity index (χ0) is 14.8. The third kappa shape index (κ3) is 2.53. The van der Waals surface area contributed by atoms with Crippen LogP contribution in [0.5, 0.6) is 0 Å². The van der Waals surface area contributed by atoms with Gasteiger partial charge in [0.25, 0.3) is 0 Å². The van der Waals surface area contributed by atoms with E-state index in [-0.39, 0.29) is 5.56 Å². The Morgan fingerprint density at radius 2 is 1.95 bits per heavy atom. The molecule has 1 unspecified atom stereocenters. The molecule has 1 amide bonds. The predicted molar refractivity (Wildman–Crippen MR) is 72.0 cm³/mol. The summed E-state index contributed by atoms with van der Waals surface area (Å²) in [5, 5.41) is 3.19. The second kappa shape index (κ2) is 5.85. The van der Waals surface area contributed by atoms with Gasteiger partial charge in [0.1, 0.15) is 17.2 Å². The van der Waals surface area contributed by atoms with Crippen LogP contribution in [0.15, 0.2) is 18.2 Å². The minimum absolute atomic E-state index is 0.269. The molecule has 4 nitrogen and oxygen atoms in total. The molecule has 1 fully saturated rings. The van der Waals surface area contributed by atoms with Crippen LogP contribution in [0.25, 0.3) is 0 Å². The van der Waals surface area contributed by atoms with E-state index in [2.05, 4.69) is 5.32 Å². The number of carbonyl (C=O) groups is 1. The van der Waals surface area contributed by atoms with Crippen molar-refractivity contribution in [2.45, 2.75) is 18.9 Å². The van der Waals surface area contributed by atoms with E-state index < -0.39 is 23.1 Å². The van der Waals surface area contributed by atoms with Crippen molar-refractivity contribution in [2.24, 2.45) is 5.73 Å². The van der Waals surface area contributed by atoms with Gasteiger partial charge in [0.05, 0.1) is 5.56 Å². The predicted octanol–water partition coefficient (Wildman–Crippen LogP) is 0.961. The van der Waals surface area contributed by atoms with Crippen molar-refractivity contribution in [1.82, 2.24) is 10.2 Å². The Bertz CT molecular complexity index is 481. The molecule has 0 aromatic heterocycles. The van der Waals surface area contributed by atoms with E-state index in [0.717, 1.165) is 25.1 Å². The molecule has 20 heavy (non-hydrogen) atoms. The second-order valence-electron chi connectivity index (χ2n) is 5.12. The van der Waals surface area contributed by atoms with Crippen molar-refractivity contribution in [1.29, 1.82) is 0 Å². The normalized spacial score (nSPS) is 20.1. The molecule has 1 atom stereocenters. The Labute approximate surface area is 116 Å². The first-order chi connectivity index (χ1) is 9.48. The highest BCUT2D eigenvalue weighted by molar-refractivity contribution is 5.86. The molecule has 1 aromatic carbocycles. The molecule has 0 saturated carbocycles. The summed E-state index contributed by atoms with van der Waals surface area (Å²) in [7, 11) is 0. The number of hydrogen-bond acceptors (Lipinski definition) is 3. The number of halogens is 2. The fraction of sp³-hybridized carbons (Fsp3) is 0.500. The maximum Gasteiger partial charge on any atom is 0.242 e. The van der Waals surface area contributed by atoms with E-state index in [9.17, 15) is 13.6 Å². The van der Waals surface area contributed by atoms with Crippen LogP contribution in [0, 0.1) is 11.6 Å². The van der Waals surface area contributed by atoms with Gasteiger partial charge in [0.15, 0.2) is 0 Å². The van der Waals surface area contributed by atoms with Gasteiger partial charge in [0, 0.05) is 19.6 Å². The standard InChI is InChI=1S/C14H19F2N3O/c1-14(13(17)20,19-8-3-6-18-7-9-19)12-10(15)4-2-5-11(12)16/h2,4-5,18H,3,6-9H2,1H3,(H2,17,20). The molecule has 1 saturated heterocycles. The first-order valence-corrected chi connectivity index (χ1v) is 6.68. The van der Waals surface area contributed by atoms with Crippen molar-refractivity contribution in [3.05, 3.63) is 35.4 Å². The molecular weight excluding hydrogens is 264 g/mol. The van der Waals surface area contributed by atoms with Gasteiger partial charge < -0.3 is 11.1 Å². The highest BCUT2D eigenvalue weighted by Crippen LogP contribution is 2.32. The lowest BCUT2D eigenvalue weighted by atomic mass is 9.88. The lowest BCUT2D eigenvalue weighted by molar-refractivity contribution is -0.130. The molecule has 1 aromatic rings. The average Bonchev–Trinajstić information content (AvgIpc) is 2.67. The highest BCUT2D eigenvalue weighted by atomic mass is 19.1. The van der Waals surface area contributed by atoms with E-state index in [1.807, 2.05) is 0 Å². The van der Waals surface area contributed by atoms with Crippen molar-refractivity contribution in [3.8, 4) is 0 Å². The molecule has 2 rings (SSSR count). The van der Waals surface area contributed by atoms with Crippen LogP contribution < -0.4 is 11.1 Å². The molecule has 110 valence electrons. The van der Waals surface area contributed by atoms with Crippen molar-refractivity contribution in [3.63, 3.8) is 0 Å². The van der Waals surface area contributed by atoms with Crippen LogP contribution in [-0.2, 0) is 10.3 Å². The number of nitrogens with one attached hydrogen (secondary N) is 1. The number of nitrogens with two attached hydrogens (primary N) is 1. The summed E-state index contributed by atoms with van der Waals surface area (Å²) in [6, 6.07) is 3.57. The van der Waals surface area contributed by atoms with Gasteiger partial charge in [-0.3, -0.25) is 9.69 Å². The molecular formula is C14H19F2N3O. The third-order valence-corrected chi connectivity index (χ3v) is 3.90. The minimum atomic E-state index is -1.48. The Kier molecular flexibility index (Phi) is 4.35. The fourth-order valence-corrected chi connectivity index (χ4v) is 2.69. The topological polar surface area (TPSA) is 58.4 Å². The largest absolute Gasteiger partial charge is 0.368 e. The summed E-state index contributed by atoms with van der Waals surface area (Å²) in [6.07, 6.45) is 0.791. The van der Waals surface area contributed by atoms with E-state index >= 15 is 0 Å². The average molecular weight is 283 g/mol. The number of amides is 1. The van der Waals surface area contributed by atoms with E-state index in [1.54, 1.807) is 4.90 Å². The van der Waals surface area contributed by atoms with Crippen molar-refractivity contribution in [2.75, 3.05) is 26.2 Å².